The van der Waals surface area contributed by atoms with Crippen molar-refractivity contribution in [3.05, 3.63) is 27.7 Å². The highest BCUT2D eigenvalue weighted by Crippen LogP contribution is 2.45. The highest BCUT2D eigenvalue weighted by atomic mass is 79.9. The average molecular weight is 326 g/mol. The quantitative estimate of drug-likeness (QED) is 0.905. The Balaban J connectivity index is 2.09. The molecule has 1 saturated carbocycles. The second-order valence-corrected chi connectivity index (χ2v) is 6.51. The van der Waals surface area contributed by atoms with Crippen LogP contribution in [0.1, 0.15) is 43.2 Å². The van der Waals surface area contributed by atoms with Crippen molar-refractivity contribution in [1.29, 1.82) is 0 Å². The first kappa shape index (κ1) is 13.4. The number of hydrogen-bond acceptors (Lipinski definition) is 3. The zero-order chi connectivity index (χ0) is 13.3. The van der Waals surface area contributed by atoms with Gasteiger partial charge in [-0.1, -0.05) is 35.2 Å². The van der Waals surface area contributed by atoms with Crippen LogP contribution >= 0.6 is 15.9 Å². The molecule has 1 aromatic carbocycles. The minimum absolute atomic E-state index is 0.0868. The standard InChI is InChI=1S/C15H20BrNO2/c16-12-6-11-8-18-10-19-14(11)13(7-12)15(9-17)4-2-1-3-5-15/h6-7H,1-5,8-10,17H2. The Labute approximate surface area is 122 Å². The van der Waals surface area contributed by atoms with Gasteiger partial charge >= 0.3 is 0 Å². The van der Waals surface area contributed by atoms with Gasteiger partial charge in [0.25, 0.3) is 0 Å². The molecular weight excluding hydrogens is 306 g/mol. The molecule has 0 saturated heterocycles. The van der Waals surface area contributed by atoms with Crippen LogP contribution in [0.3, 0.4) is 0 Å². The molecule has 1 heterocycles. The first-order valence-electron chi connectivity index (χ1n) is 6.99. The zero-order valence-corrected chi connectivity index (χ0v) is 12.7. The van der Waals surface area contributed by atoms with E-state index in [1.807, 2.05) is 0 Å². The van der Waals surface area contributed by atoms with Gasteiger partial charge in [-0.3, -0.25) is 0 Å². The lowest BCUT2D eigenvalue weighted by Crippen LogP contribution is -2.38. The van der Waals surface area contributed by atoms with E-state index < -0.39 is 0 Å². The Hall–Kier alpha value is -0.580. The van der Waals surface area contributed by atoms with Crippen LogP contribution in [0, 0.1) is 0 Å². The summed E-state index contributed by atoms with van der Waals surface area (Å²) in [5.41, 5.74) is 8.65. The number of benzene rings is 1. The van der Waals surface area contributed by atoms with Crippen LogP contribution in [0.5, 0.6) is 5.75 Å². The minimum atomic E-state index is 0.0868. The van der Waals surface area contributed by atoms with Crippen LogP contribution in [0.25, 0.3) is 0 Å². The lowest BCUT2D eigenvalue weighted by atomic mass is 9.69. The van der Waals surface area contributed by atoms with Crippen molar-refractivity contribution in [1.82, 2.24) is 0 Å². The summed E-state index contributed by atoms with van der Waals surface area (Å²) in [5.74, 6) is 1.02. The summed E-state index contributed by atoms with van der Waals surface area (Å²) in [4.78, 5) is 0. The van der Waals surface area contributed by atoms with E-state index in [0.29, 0.717) is 19.9 Å². The highest BCUT2D eigenvalue weighted by Gasteiger charge is 2.36. The molecule has 0 atom stereocenters. The molecule has 0 bridgehead atoms. The summed E-state index contributed by atoms with van der Waals surface area (Å²) in [6.07, 6.45) is 6.17. The third-order valence-corrected chi connectivity index (χ3v) is 4.91. The van der Waals surface area contributed by atoms with Crippen LogP contribution in [0.4, 0.5) is 0 Å². The van der Waals surface area contributed by atoms with E-state index in [2.05, 4.69) is 28.1 Å². The van der Waals surface area contributed by atoms with Gasteiger partial charge in [0.1, 0.15) is 5.75 Å². The predicted molar refractivity (Wildman–Crippen MR) is 78.2 cm³/mol. The van der Waals surface area contributed by atoms with Gasteiger partial charge in [-0.2, -0.15) is 0 Å². The van der Waals surface area contributed by atoms with Gasteiger partial charge in [-0.25, -0.2) is 0 Å². The van der Waals surface area contributed by atoms with Crippen molar-refractivity contribution in [2.75, 3.05) is 13.3 Å². The Morgan fingerprint density at radius 2 is 2.00 bits per heavy atom. The molecule has 1 aliphatic heterocycles. The molecule has 3 rings (SSSR count). The molecule has 2 N–H and O–H groups in total. The third kappa shape index (κ3) is 2.41. The van der Waals surface area contributed by atoms with Crippen LogP contribution < -0.4 is 10.5 Å². The van der Waals surface area contributed by atoms with Crippen molar-refractivity contribution >= 4 is 15.9 Å². The second-order valence-electron chi connectivity index (χ2n) is 5.60. The molecule has 3 nitrogen and oxygen atoms in total. The van der Waals surface area contributed by atoms with E-state index >= 15 is 0 Å². The highest BCUT2D eigenvalue weighted by molar-refractivity contribution is 9.10. The van der Waals surface area contributed by atoms with Gasteiger partial charge in [0, 0.05) is 27.6 Å². The summed E-state index contributed by atoms with van der Waals surface area (Å²) < 4.78 is 12.3. The topological polar surface area (TPSA) is 44.5 Å². The van der Waals surface area contributed by atoms with Crippen molar-refractivity contribution in [3.63, 3.8) is 0 Å². The largest absolute Gasteiger partial charge is 0.467 e. The fraction of sp³-hybridized carbons (Fsp3) is 0.600. The minimum Gasteiger partial charge on any atom is -0.467 e. The third-order valence-electron chi connectivity index (χ3n) is 4.45. The molecule has 104 valence electrons. The summed E-state index contributed by atoms with van der Waals surface area (Å²) in [6, 6.07) is 4.29. The normalized spacial score (nSPS) is 21.6. The maximum atomic E-state index is 6.15. The van der Waals surface area contributed by atoms with E-state index in [1.165, 1.54) is 24.8 Å². The molecule has 1 aliphatic carbocycles. The Morgan fingerprint density at radius 1 is 1.21 bits per heavy atom. The molecular formula is C15H20BrNO2. The number of hydrogen-bond donors (Lipinski definition) is 1. The monoisotopic (exact) mass is 325 g/mol. The lowest BCUT2D eigenvalue weighted by molar-refractivity contribution is -0.0181. The molecule has 4 heteroatoms. The SMILES string of the molecule is NCC1(c2cc(Br)cc3c2OCOC3)CCCCC1. The van der Waals surface area contributed by atoms with Crippen molar-refractivity contribution in [3.8, 4) is 5.75 Å². The van der Waals surface area contributed by atoms with E-state index in [1.54, 1.807) is 0 Å². The van der Waals surface area contributed by atoms with Crippen LogP contribution in [-0.4, -0.2) is 13.3 Å². The number of fused-ring (bicyclic) bond motifs is 1. The second kappa shape index (κ2) is 5.43. The molecule has 1 fully saturated rings. The first-order valence-corrected chi connectivity index (χ1v) is 7.78. The number of halogens is 1. The van der Waals surface area contributed by atoms with Crippen molar-refractivity contribution in [2.24, 2.45) is 5.73 Å². The molecule has 19 heavy (non-hydrogen) atoms. The van der Waals surface area contributed by atoms with Crippen LogP contribution in [0.15, 0.2) is 16.6 Å². The van der Waals surface area contributed by atoms with Gasteiger partial charge in [0.05, 0.1) is 6.61 Å². The van der Waals surface area contributed by atoms with Crippen molar-refractivity contribution < 1.29 is 9.47 Å². The van der Waals surface area contributed by atoms with E-state index in [0.717, 1.165) is 28.6 Å². The Kier molecular flexibility index (Phi) is 3.83. The summed E-state index contributed by atoms with van der Waals surface area (Å²) in [6.45, 7) is 1.67. The first-order chi connectivity index (χ1) is 9.25. The zero-order valence-electron chi connectivity index (χ0n) is 11.1. The Bertz CT molecular complexity index is 469. The lowest BCUT2D eigenvalue weighted by Gasteiger charge is -2.39. The Morgan fingerprint density at radius 3 is 2.74 bits per heavy atom. The van der Waals surface area contributed by atoms with Crippen LogP contribution in [0.2, 0.25) is 0 Å². The summed E-state index contributed by atoms with van der Waals surface area (Å²) in [5, 5.41) is 0. The molecule has 0 radical (unpaired) electrons. The van der Waals surface area contributed by atoms with Gasteiger partial charge in [0.2, 0.25) is 0 Å². The molecule has 0 aromatic heterocycles. The van der Waals surface area contributed by atoms with E-state index in [4.69, 9.17) is 15.2 Å². The van der Waals surface area contributed by atoms with Gasteiger partial charge in [-0.15, -0.1) is 0 Å². The molecule has 0 amide bonds. The molecule has 0 unspecified atom stereocenters. The van der Waals surface area contributed by atoms with E-state index in [-0.39, 0.29) is 5.41 Å². The number of ether oxygens (including phenoxy) is 2. The molecule has 2 aliphatic rings. The maximum absolute atomic E-state index is 6.15. The average Bonchev–Trinajstić information content (AvgIpc) is 2.47. The molecule has 1 aromatic rings. The number of rotatable bonds is 2. The van der Waals surface area contributed by atoms with Gasteiger partial charge in [0.15, 0.2) is 6.79 Å². The smallest absolute Gasteiger partial charge is 0.189 e. The summed E-state index contributed by atoms with van der Waals surface area (Å²) >= 11 is 3.61. The molecule has 0 spiro atoms. The van der Waals surface area contributed by atoms with Crippen LogP contribution in [-0.2, 0) is 16.8 Å². The maximum Gasteiger partial charge on any atom is 0.189 e. The predicted octanol–water partition coefficient (Wildman–Crippen LogP) is 3.48. The fourth-order valence-corrected chi connectivity index (χ4v) is 3.89. The van der Waals surface area contributed by atoms with Crippen molar-refractivity contribution in [2.45, 2.75) is 44.1 Å². The summed E-state index contributed by atoms with van der Waals surface area (Å²) in [7, 11) is 0. The van der Waals surface area contributed by atoms with E-state index in [9.17, 15) is 0 Å². The van der Waals surface area contributed by atoms with Gasteiger partial charge in [-0.05, 0) is 25.0 Å². The fourth-order valence-electron chi connectivity index (χ4n) is 3.39. The number of nitrogens with two attached hydrogens (primary N) is 1. The van der Waals surface area contributed by atoms with Gasteiger partial charge < -0.3 is 15.2 Å².